The molecule has 0 fully saturated rings. The second-order valence-corrected chi connectivity index (χ2v) is 7.65. The standard InChI is InChI=1S/C25H24N2O5/c1-29-16-9-7-15(8-10-16)25-27-21(18-5-4-6-23(31-3)24(18)32-25)14-20(26-27)19-13-17(30-2)11-12-22(19)28/h4-13,21,25,28H,14H2,1-3H3/t21-,25-/m1/s1. The summed E-state index contributed by atoms with van der Waals surface area (Å²) in [5.74, 6) is 2.99. The van der Waals surface area contributed by atoms with Crippen molar-refractivity contribution in [1.29, 1.82) is 0 Å². The highest BCUT2D eigenvalue weighted by Crippen LogP contribution is 2.51. The average Bonchev–Trinajstić information content (AvgIpc) is 3.29. The zero-order chi connectivity index (χ0) is 22.2. The van der Waals surface area contributed by atoms with Crippen molar-refractivity contribution in [3.8, 4) is 28.7 Å². The zero-order valence-corrected chi connectivity index (χ0v) is 18.1. The molecule has 3 aromatic carbocycles. The second-order valence-electron chi connectivity index (χ2n) is 7.65. The van der Waals surface area contributed by atoms with Crippen LogP contribution in [0.4, 0.5) is 0 Å². The molecule has 0 saturated heterocycles. The van der Waals surface area contributed by atoms with Gasteiger partial charge in [-0.1, -0.05) is 12.1 Å². The number of hydrogen-bond donors (Lipinski definition) is 1. The molecule has 0 radical (unpaired) electrons. The van der Waals surface area contributed by atoms with Crippen LogP contribution in [0.3, 0.4) is 0 Å². The first kappa shape index (κ1) is 20.1. The minimum Gasteiger partial charge on any atom is -0.507 e. The lowest BCUT2D eigenvalue weighted by Crippen LogP contribution is -2.33. The van der Waals surface area contributed by atoms with Gasteiger partial charge in [-0.3, -0.25) is 0 Å². The topological polar surface area (TPSA) is 72.8 Å². The quantitative estimate of drug-likeness (QED) is 0.632. The fourth-order valence-corrected chi connectivity index (χ4v) is 4.27. The first-order chi connectivity index (χ1) is 15.6. The summed E-state index contributed by atoms with van der Waals surface area (Å²) in [6, 6.07) is 18.7. The molecule has 1 N–H and O–H groups in total. The first-order valence-electron chi connectivity index (χ1n) is 10.3. The van der Waals surface area contributed by atoms with Gasteiger partial charge >= 0.3 is 0 Å². The number of rotatable bonds is 5. The van der Waals surface area contributed by atoms with Crippen LogP contribution in [0.15, 0.2) is 65.8 Å². The number of aromatic hydroxyl groups is 1. The van der Waals surface area contributed by atoms with Crippen LogP contribution >= 0.6 is 0 Å². The Morgan fingerprint density at radius 1 is 0.938 bits per heavy atom. The van der Waals surface area contributed by atoms with Crippen molar-refractivity contribution in [3.63, 3.8) is 0 Å². The Bertz CT molecular complexity index is 1180. The van der Waals surface area contributed by atoms with Crippen LogP contribution in [0.1, 0.15) is 35.4 Å². The highest BCUT2D eigenvalue weighted by Gasteiger charge is 2.42. The molecule has 0 saturated carbocycles. The first-order valence-corrected chi connectivity index (χ1v) is 10.3. The van der Waals surface area contributed by atoms with E-state index in [4.69, 9.17) is 24.0 Å². The van der Waals surface area contributed by atoms with Gasteiger partial charge in [-0.15, -0.1) is 0 Å². The number of benzene rings is 3. The summed E-state index contributed by atoms with van der Waals surface area (Å²) in [4.78, 5) is 0. The van der Waals surface area contributed by atoms with Gasteiger partial charge in [-0.25, -0.2) is 5.01 Å². The molecule has 0 aliphatic carbocycles. The van der Waals surface area contributed by atoms with Crippen molar-refractivity contribution < 1.29 is 24.1 Å². The van der Waals surface area contributed by atoms with E-state index in [0.29, 0.717) is 29.2 Å². The van der Waals surface area contributed by atoms with Gasteiger partial charge in [-0.05, 0) is 48.5 Å². The summed E-state index contributed by atoms with van der Waals surface area (Å²) in [6.07, 6.45) is 0.150. The van der Waals surface area contributed by atoms with Gasteiger partial charge in [0.1, 0.15) is 17.2 Å². The molecular weight excluding hydrogens is 408 g/mol. The number of phenolic OH excluding ortho intramolecular Hbond substituents is 1. The molecule has 0 aromatic heterocycles. The van der Waals surface area contributed by atoms with Crippen molar-refractivity contribution >= 4 is 5.71 Å². The highest BCUT2D eigenvalue weighted by molar-refractivity contribution is 6.04. The fourth-order valence-electron chi connectivity index (χ4n) is 4.27. The van der Waals surface area contributed by atoms with Crippen LogP contribution in [0, 0.1) is 0 Å². The summed E-state index contributed by atoms with van der Waals surface area (Å²) in [5.41, 5.74) is 3.35. The third-order valence-electron chi connectivity index (χ3n) is 5.92. The van der Waals surface area contributed by atoms with Gasteiger partial charge in [0, 0.05) is 23.1 Å². The number of para-hydroxylation sites is 1. The number of nitrogens with zero attached hydrogens (tertiary/aromatic N) is 2. The molecule has 2 heterocycles. The van der Waals surface area contributed by atoms with Crippen LogP contribution in [-0.2, 0) is 0 Å². The molecule has 7 nitrogen and oxygen atoms in total. The van der Waals surface area contributed by atoms with Gasteiger partial charge in [0.15, 0.2) is 11.5 Å². The smallest absolute Gasteiger partial charge is 0.214 e. The molecule has 164 valence electrons. The number of methoxy groups -OCH3 is 3. The Hall–Kier alpha value is -3.87. The molecule has 0 bridgehead atoms. The van der Waals surface area contributed by atoms with E-state index in [9.17, 15) is 5.11 Å². The Balaban J connectivity index is 1.61. The van der Waals surface area contributed by atoms with E-state index >= 15 is 0 Å². The Kier molecular flexibility index (Phi) is 5.01. The maximum Gasteiger partial charge on any atom is 0.214 e. The van der Waals surface area contributed by atoms with Crippen molar-refractivity contribution in [2.45, 2.75) is 18.7 Å². The number of ether oxygens (including phenoxy) is 4. The maximum atomic E-state index is 10.5. The van der Waals surface area contributed by atoms with Gasteiger partial charge in [-0.2, -0.15) is 5.10 Å². The molecule has 0 amide bonds. The van der Waals surface area contributed by atoms with Gasteiger partial charge in [0.2, 0.25) is 6.23 Å². The summed E-state index contributed by atoms with van der Waals surface area (Å²) in [6.45, 7) is 0. The minimum atomic E-state index is -0.458. The van der Waals surface area contributed by atoms with Crippen LogP contribution in [0.2, 0.25) is 0 Å². The third-order valence-corrected chi connectivity index (χ3v) is 5.92. The fraction of sp³-hybridized carbons (Fsp3) is 0.240. The number of phenols is 1. The molecule has 5 rings (SSSR count). The molecule has 7 heteroatoms. The molecule has 3 aromatic rings. The SMILES string of the molecule is COc1ccc([C@H]2Oc3c(OC)cccc3[C@H]3CC(c4cc(OC)ccc4O)=NN32)cc1. The van der Waals surface area contributed by atoms with E-state index in [-0.39, 0.29) is 11.8 Å². The van der Waals surface area contributed by atoms with E-state index in [1.807, 2.05) is 53.5 Å². The molecular formula is C25H24N2O5. The lowest BCUT2D eigenvalue weighted by atomic mass is 9.95. The largest absolute Gasteiger partial charge is 0.507 e. The predicted octanol–water partition coefficient (Wildman–Crippen LogP) is 4.66. The zero-order valence-electron chi connectivity index (χ0n) is 18.1. The maximum absolute atomic E-state index is 10.5. The minimum absolute atomic E-state index is 0.0680. The van der Waals surface area contributed by atoms with E-state index in [1.165, 1.54) is 0 Å². The summed E-state index contributed by atoms with van der Waals surface area (Å²) in [5, 5.41) is 17.4. The summed E-state index contributed by atoms with van der Waals surface area (Å²) in [7, 11) is 4.88. The third kappa shape index (κ3) is 3.26. The van der Waals surface area contributed by atoms with E-state index < -0.39 is 6.23 Å². The number of hydrazone groups is 1. The Morgan fingerprint density at radius 2 is 1.69 bits per heavy atom. The average molecular weight is 432 g/mol. The van der Waals surface area contributed by atoms with Crippen LogP contribution in [0.25, 0.3) is 0 Å². The van der Waals surface area contributed by atoms with Crippen LogP contribution in [0.5, 0.6) is 28.7 Å². The Morgan fingerprint density at radius 3 is 2.41 bits per heavy atom. The molecule has 32 heavy (non-hydrogen) atoms. The molecule has 0 spiro atoms. The van der Waals surface area contributed by atoms with Crippen molar-refractivity contribution in [2.24, 2.45) is 5.10 Å². The molecule has 2 aliphatic rings. The van der Waals surface area contributed by atoms with Crippen LogP contribution in [-0.4, -0.2) is 37.2 Å². The Labute approximate surface area is 186 Å². The van der Waals surface area contributed by atoms with Crippen LogP contribution < -0.4 is 18.9 Å². The van der Waals surface area contributed by atoms with Crippen molar-refractivity contribution in [1.82, 2.24) is 5.01 Å². The monoisotopic (exact) mass is 432 g/mol. The normalized spacial score (nSPS) is 18.8. The lowest BCUT2D eigenvalue weighted by molar-refractivity contribution is -0.0209. The summed E-state index contributed by atoms with van der Waals surface area (Å²) >= 11 is 0. The van der Waals surface area contributed by atoms with Crippen molar-refractivity contribution in [3.05, 3.63) is 77.4 Å². The summed E-state index contributed by atoms with van der Waals surface area (Å²) < 4.78 is 22.7. The van der Waals surface area contributed by atoms with E-state index in [2.05, 4.69) is 0 Å². The second kappa shape index (κ2) is 8.00. The van der Waals surface area contributed by atoms with E-state index in [0.717, 1.165) is 22.6 Å². The molecule has 2 atom stereocenters. The molecule has 2 aliphatic heterocycles. The lowest BCUT2D eigenvalue weighted by Gasteiger charge is -2.38. The number of fused-ring (bicyclic) bond motifs is 3. The number of hydrogen-bond acceptors (Lipinski definition) is 7. The van der Waals surface area contributed by atoms with E-state index in [1.54, 1.807) is 33.5 Å². The predicted molar refractivity (Wildman–Crippen MR) is 120 cm³/mol. The van der Waals surface area contributed by atoms with Gasteiger partial charge in [0.25, 0.3) is 0 Å². The van der Waals surface area contributed by atoms with Gasteiger partial charge in [0.05, 0.1) is 33.1 Å². The van der Waals surface area contributed by atoms with Gasteiger partial charge < -0.3 is 24.1 Å². The van der Waals surface area contributed by atoms with Crippen molar-refractivity contribution in [2.75, 3.05) is 21.3 Å². The molecule has 0 unspecified atom stereocenters. The highest BCUT2D eigenvalue weighted by atomic mass is 16.5.